The van der Waals surface area contributed by atoms with Crippen LogP contribution < -0.4 is 10.6 Å². The third kappa shape index (κ3) is 4.06. The minimum absolute atomic E-state index is 0.0294. The third-order valence-electron chi connectivity index (χ3n) is 6.08. The van der Waals surface area contributed by atoms with E-state index in [1.807, 2.05) is 13.0 Å². The van der Waals surface area contributed by atoms with Crippen molar-refractivity contribution in [2.24, 2.45) is 9.81 Å². The molecule has 0 saturated heterocycles. The number of carbonyl (C=O) groups is 1. The summed E-state index contributed by atoms with van der Waals surface area (Å²) in [5, 5.41) is 6.21. The van der Waals surface area contributed by atoms with Crippen LogP contribution in [0, 0.1) is 12.3 Å². The number of amides is 1. The van der Waals surface area contributed by atoms with Crippen molar-refractivity contribution in [1.29, 1.82) is 0 Å². The van der Waals surface area contributed by atoms with Gasteiger partial charge in [0.2, 0.25) is 0 Å². The number of hydrogen-bond donors (Lipinski definition) is 2. The fourth-order valence-electron chi connectivity index (χ4n) is 4.59. The minimum Gasteiger partial charge on any atom is -0.466 e. The highest BCUT2D eigenvalue weighted by atomic mass is 32.2. The second kappa shape index (κ2) is 7.59. The molecule has 1 aliphatic heterocycles. The van der Waals surface area contributed by atoms with Crippen LogP contribution in [0.4, 0.5) is 5.69 Å². The number of fused-ring (bicyclic) bond motifs is 2. The summed E-state index contributed by atoms with van der Waals surface area (Å²) in [7, 11) is -3.69. The first-order valence-electron chi connectivity index (χ1n) is 10.8. The van der Waals surface area contributed by atoms with E-state index in [4.69, 9.17) is 4.42 Å². The van der Waals surface area contributed by atoms with Gasteiger partial charge in [0.15, 0.2) is 5.84 Å². The zero-order chi connectivity index (χ0) is 23.4. The smallest absolute Gasteiger partial charge is 0.285 e. The normalized spacial score (nSPS) is 19.8. The monoisotopic (exact) mass is 463 g/mol. The molecule has 0 spiro atoms. The van der Waals surface area contributed by atoms with Gasteiger partial charge in [0.25, 0.3) is 15.9 Å². The predicted octanol–water partition coefficient (Wildman–Crippen LogP) is 4.59. The van der Waals surface area contributed by atoms with Crippen molar-refractivity contribution in [3.63, 3.8) is 0 Å². The highest BCUT2D eigenvalue weighted by Crippen LogP contribution is 2.42. The van der Waals surface area contributed by atoms with Gasteiger partial charge in [0, 0.05) is 28.8 Å². The molecule has 0 bridgehead atoms. The van der Waals surface area contributed by atoms with Gasteiger partial charge in [-0.2, -0.15) is 8.42 Å². The van der Waals surface area contributed by atoms with Crippen molar-refractivity contribution in [2.45, 2.75) is 44.6 Å². The summed E-state index contributed by atoms with van der Waals surface area (Å²) in [4.78, 5) is 13.2. The largest absolute Gasteiger partial charge is 0.466 e. The van der Waals surface area contributed by atoms with Gasteiger partial charge in [-0.3, -0.25) is 4.79 Å². The molecule has 1 aliphatic carbocycles. The second-order valence-electron chi connectivity index (χ2n) is 9.42. The molecular formula is C25H25N3O4S. The number of hydrogen-bond acceptors (Lipinski definition) is 5. The summed E-state index contributed by atoms with van der Waals surface area (Å²) >= 11 is 0. The summed E-state index contributed by atoms with van der Waals surface area (Å²) in [6.45, 7) is 6.28. The van der Waals surface area contributed by atoms with Crippen LogP contribution in [-0.4, -0.2) is 20.2 Å². The maximum absolute atomic E-state index is 13.0. The van der Waals surface area contributed by atoms with Gasteiger partial charge in [0.1, 0.15) is 16.4 Å². The molecule has 1 atom stereocenters. The standard InChI is InChI=1S/C25H25N3O4S/c1-15-12-19-20(13-25(2,3)14-21(19)32-15)27-24(29)16-8-10-17(11-9-16)26-23-18-6-4-5-7-22(18)33(30,31)28-23/h4-12,20H,13-14H2,1-3H3,(H,26,28)(H,27,29). The molecule has 3 aromatic rings. The van der Waals surface area contributed by atoms with Crippen LogP contribution in [-0.2, 0) is 16.4 Å². The summed E-state index contributed by atoms with van der Waals surface area (Å²) in [5.74, 6) is 1.90. The quantitative estimate of drug-likeness (QED) is 0.592. The summed E-state index contributed by atoms with van der Waals surface area (Å²) in [5.41, 5.74) is 2.78. The Hall–Kier alpha value is -3.39. The van der Waals surface area contributed by atoms with Gasteiger partial charge in [0.05, 0.1) is 6.04 Å². The van der Waals surface area contributed by atoms with Crippen molar-refractivity contribution >= 4 is 27.5 Å². The van der Waals surface area contributed by atoms with E-state index in [9.17, 15) is 13.2 Å². The van der Waals surface area contributed by atoms with Crippen molar-refractivity contribution in [3.8, 4) is 0 Å². The summed E-state index contributed by atoms with van der Waals surface area (Å²) in [6.07, 6.45) is 1.68. The molecule has 2 aliphatic rings. The fourth-order valence-corrected chi connectivity index (χ4v) is 5.77. The lowest BCUT2D eigenvalue weighted by Gasteiger charge is -2.34. The van der Waals surface area contributed by atoms with Crippen LogP contribution in [0.15, 0.2) is 68.3 Å². The Kier molecular flexibility index (Phi) is 4.93. The van der Waals surface area contributed by atoms with E-state index >= 15 is 0 Å². The number of rotatable bonds is 3. The Labute approximate surface area is 193 Å². The van der Waals surface area contributed by atoms with Gasteiger partial charge in [-0.05, 0) is 61.2 Å². The van der Waals surface area contributed by atoms with Crippen LogP contribution in [0.2, 0.25) is 0 Å². The third-order valence-corrected chi connectivity index (χ3v) is 7.42. The SMILES string of the molecule is Cc1cc2c(o1)CC(C)(C)CC2NC(=O)c1ccc(NC2=NS(=O)(=O)c3ccccc32)cc1. The number of nitrogens with one attached hydrogen (secondary N) is 2. The van der Waals surface area contributed by atoms with Crippen LogP contribution in [0.5, 0.6) is 0 Å². The number of carbonyl (C=O) groups excluding carboxylic acids is 1. The van der Waals surface area contributed by atoms with E-state index in [-0.39, 0.29) is 28.1 Å². The molecule has 0 fully saturated rings. The Balaban J connectivity index is 1.32. The molecule has 2 aromatic carbocycles. The van der Waals surface area contributed by atoms with Gasteiger partial charge >= 0.3 is 0 Å². The number of benzene rings is 2. The fraction of sp³-hybridized carbons (Fsp3) is 0.280. The lowest BCUT2D eigenvalue weighted by molar-refractivity contribution is 0.0917. The molecule has 1 unspecified atom stereocenters. The molecule has 170 valence electrons. The zero-order valence-corrected chi connectivity index (χ0v) is 19.5. The van der Waals surface area contributed by atoms with Crippen LogP contribution >= 0.6 is 0 Å². The highest BCUT2D eigenvalue weighted by Gasteiger charge is 2.35. The van der Waals surface area contributed by atoms with Crippen molar-refractivity contribution in [2.75, 3.05) is 5.32 Å². The van der Waals surface area contributed by atoms with Crippen molar-refractivity contribution in [1.82, 2.24) is 5.32 Å². The molecule has 33 heavy (non-hydrogen) atoms. The number of amidine groups is 1. The van der Waals surface area contributed by atoms with Crippen LogP contribution in [0.3, 0.4) is 0 Å². The maximum atomic E-state index is 13.0. The molecule has 5 rings (SSSR count). The van der Waals surface area contributed by atoms with Gasteiger partial charge in [-0.25, -0.2) is 0 Å². The number of nitrogens with zero attached hydrogens (tertiary/aromatic N) is 1. The maximum Gasteiger partial charge on any atom is 0.285 e. The molecule has 1 aromatic heterocycles. The molecule has 2 heterocycles. The van der Waals surface area contributed by atoms with Gasteiger partial charge in [-0.15, -0.1) is 4.40 Å². The van der Waals surface area contributed by atoms with Gasteiger partial charge < -0.3 is 15.1 Å². The molecule has 2 N–H and O–H groups in total. The summed E-state index contributed by atoms with van der Waals surface area (Å²) in [6, 6.07) is 15.5. The molecule has 7 nitrogen and oxygen atoms in total. The predicted molar refractivity (Wildman–Crippen MR) is 126 cm³/mol. The van der Waals surface area contributed by atoms with E-state index in [1.54, 1.807) is 42.5 Å². The summed E-state index contributed by atoms with van der Waals surface area (Å²) < 4.78 is 34.2. The molecule has 8 heteroatoms. The zero-order valence-electron chi connectivity index (χ0n) is 18.7. The topological polar surface area (TPSA) is 101 Å². The lowest BCUT2D eigenvalue weighted by Crippen LogP contribution is -2.36. The second-order valence-corrected chi connectivity index (χ2v) is 11.0. The van der Waals surface area contributed by atoms with Crippen molar-refractivity contribution in [3.05, 3.63) is 82.8 Å². The minimum atomic E-state index is -3.69. The van der Waals surface area contributed by atoms with Crippen LogP contribution in [0.25, 0.3) is 0 Å². The number of furan rings is 1. The number of anilines is 1. The highest BCUT2D eigenvalue weighted by molar-refractivity contribution is 7.90. The molecule has 0 saturated carbocycles. The Morgan fingerprint density at radius 1 is 1.12 bits per heavy atom. The van der Waals surface area contributed by atoms with Gasteiger partial charge in [-0.1, -0.05) is 26.0 Å². The molecule has 1 amide bonds. The number of aryl methyl sites for hydroxylation is 1. The Morgan fingerprint density at radius 2 is 1.85 bits per heavy atom. The first kappa shape index (κ1) is 21.5. The number of sulfonamides is 1. The lowest BCUT2D eigenvalue weighted by atomic mass is 9.74. The average Bonchev–Trinajstić information content (AvgIpc) is 3.24. The van der Waals surface area contributed by atoms with E-state index in [0.29, 0.717) is 16.8 Å². The van der Waals surface area contributed by atoms with Crippen molar-refractivity contribution < 1.29 is 17.6 Å². The Bertz CT molecular complexity index is 1390. The van der Waals surface area contributed by atoms with E-state index in [2.05, 4.69) is 28.9 Å². The Morgan fingerprint density at radius 3 is 2.61 bits per heavy atom. The first-order valence-corrected chi connectivity index (χ1v) is 12.3. The first-order chi connectivity index (χ1) is 15.6. The molecule has 0 radical (unpaired) electrons. The van der Waals surface area contributed by atoms with E-state index in [1.165, 1.54) is 6.07 Å². The van der Waals surface area contributed by atoms with Crippen LogP contribution in [0.1, 0.15) is 59.3 Å². The molecular weight excluding hydrogens is 438 g/mol. The van der Waals surface area contributed by atoms with E-state index < -0.39 is 10.0 Å². The average molecular weight is 464 g/mol. The van der Waals surface area contributed by atoms with E-state index in [0.717, 1.165) is 29.9 Å².